The van der Waals surface area contributed by atoms with E-state index in [2.05, 4.69) is 4.98 Å². The van der Waals surface area contributed by atoms with Crippen molar-refractivity contribution in [2.45, 2.75) is 25.2 Å². The fourth-order valence-corrected chi connectivity index (χ4v) is 5.45. The van der Waals surface area contributed by atoms with E-state index < -0.39 is 17.3 Å². The normalized spacial score (nSPS) is 11.7. The van der Waals surface area contributed by atoms with Crippen molar-refractivity contribution in [3.05, 3.63) is 118 Å². The summed E-state index contributed by atoms with van der Waals surface area (Å²) in [4.78, 5) is 31.3. The van der Waals surface area contributed by atoms with E-state index in [1.165, 1.54) is 24.3 Å². The molecular weight excluding hydrogens is 511 g/mol. The minimum Gasteiger partial charge on any atom is -0.318 e. The zero-order chi connectivity index (χ0) is 27.0. The number of benzene rings is 3. The molecule has 0 atom stereocenters. The van der Waals surface area contributed by atoms with Crippen molar-refractivity contribution in [1.82, 2.24) is 14.1 Å². The van der Waals surface area contributed by atoms with Crippen LogP contribution in [0.25, 0.3) is 22.3 Å². The molecule has 0 N–H and O–H groups in total. The molecule has 5 aromatic rings. The first-order valence-electron chi connectivity index (χ1n) is 11.8. The smallest absolute Gasteiger partial charge is 0.318 e. The number of aryl methyl sites for hydroxylation is 1. The molecule has 0 unspecified atom stereocenters. The van der Waals surface area contributed by atoms with E-state index >= 15 is 0 Å². The molecular formula is C29H22F3N3O2S. The van der Waals surface area contributed by atoms with E-state index in [1.807, 2.05) is 48.7 Å². The van der Waals surface area contributed by atoms with E-state index in [4.69, 9.17) is 0 Å². The first-order chi connectivity index (χ1) is 18.2. The lowest BCUT2D eigenvalue weighted by Gasteiger charge is -2.17. The Morgan fingerprint density at radius 1 is 0.895 bits per heavy atom. The van der Waals surface area contributed by atoms with Crippen molar-refractivity contribution in [2.75, 3.05) is 5.75 Å². The third-order valence-electron chi connectivity index (χ3n) is 6.27. The van der Waals surface area contributed by atoms with Crippen LogP contribution >= 0.6 is 11.8 Å². The molecule has 0 amide bonds. The van der Waals surface area contributed by atoms with Gasteiger partial charge in [0.15, 0.2) is 10.9 Å². The topological polar surface area (TPSA) is 56.9 Å². The minimum atomic E-state index is -4.69. The predicted molar refractivity (Wildman–Crippen MR) is 143 cm³/mol. The van der Waals surface area contributed by atoms with Gasteiger partial charge in [0, 0.05) is 22.6 Å². The molecule has 2 aromatic heterocycles. The van der Waals surface area contributed by atoms with Crippen molar-refractivity contribution < 1.29 is 18.0 Å². The first kappa shape index (κ1) is 25.5. The van der Waals surface area contributed by atoms with Crippen molar-refractivity contribution in [3.63, 3.8) is 0 Å². The Kier molecular flexibility index (Phi) is 6.71. The highest BCUT2D eigenvalue weighted by molar-refractivity contribution is 7.99. The van der Waals surface area contributed by atoms with Gasteiger partial charge in [-0.25, -0.2) is 4.98 Å². The Hall–Kier alpha value is -4.11. The molecule has 2 heterocycles. The summed E-state index contributed by atoms with van der Waals surface area (Å²) < 4.78 is 44.5. The second-order valence-electron chi connectivity index (χ2n) is 8.73. The van der Waals surface area contributed by atoms with Gasteiger partial charge in [-0.2, -0.15) is 13.2 Å². The standard InChI is InChI=1S/C29H22F3N3O2S/c1-18-16-22(19(2)34(18)20-10-4-3-5-11-20)26(36)17-38-28-33-24-14-8-6-12-21(24)27(37)35(28)25-15-9-7-13-23(25)29(30,31)32/h3-16H,17H2,1-2H3. The average molecular weight is 534 g/mol. The molecule has 9 heteroatoms. The molecule has 0 saturated heterocycles. The molecule has 0 aliphatic rings. The van der Waals surface area contributed by atoms with Crippen LogP contribution in [0.2, 0.25) is 0 Å². The van der Waals surface area contributed by atoms with Gasteiger partial charge in [-0.3, -0.25) is 14.2 Å². The number of Topliss-reactive ketones (excluding diaryl/α,β-unsaturated/α-hetero) is 1. The van der Waals surface area contributed by atoms with Crippen molar-refractivity contribution >= 4 is 28.4 Å². The maximum atomic E-state index is 13.9. The van der Waals surface area contributed by atoms with Crippen LogP contribution in [0.4, 0.5) is 13.2 Å². The maximum absolute atomic E-state index is 13.9. The Bertz CT molecular complexity index is 1720. The molecule has 192 valence electrons. The number of para-hydroxylation sites is 3. The van der Waals surface area contributed by atoms with Gasteiger partial charge in [0.2, 0.25) is 0 Å². The Morgan fingerprint density at radius 2 is 1.55 bits per heavy atom. The van der Waals surface area contributed by atoms with Gasteiger partial charge in [-0.1, -0.05) is 54.2 Å². The van der Waals surface area contributed by atoms with E-state index in [9.17, 15) is 22.8 Å². The number of rotatable bonds is 6. The summed E-state index contributed by atoms with van der Waals surface area (Å²) in [7, 11) is 0. The quantitative estimate of drug-likeness (QED) is 0.137. The van der Waals surface area contributed by atoms with E-state index in [0.717, 1.165) is 39.5 Å². The summed E-state index contributed by atoms with van der Waals surface area (Å²) in [5, 5.41) is 0.196. The van der Waals surface area contributed by atoms with Crippen molar-refractivity contribution in [3.8, 4) is 11.4 Å². The number of alkyl halides is 3. The van der Waals surface area contributed by atoms with Crippen LogP contribution in [-0.2, 0) is 6.18 Å². The second kappa shape index (κ2) is 9.98. The lowest BCUT2D eigenvalue weighted by atomic mass is 10.1. The van der Waals surface area contributed by atoms with Crippen LogP contribution in [0.1, 0.15) is 27.3 Å². The molecule has 0 saturated carbocycles. The number of thioether (sulfide) groups is 1. The number of carbonyl (C=O) groups excluding carboxylic acids is 1. The fourth-order valence-electron chi connectivity index (χ4n) is 4.56. The van der Waals surface area contributed by atoms with E-state index in [1.54, 1.807) is 24.3 Å². The lowest BCUT2D eigenvalue weighted by molar-refractivity contribution is -0.137. The third-order valence-corrected chi connectivity index (χ3v) is 7.21. The maximum Gasteiger partial charge on any atom is 0.418 e. The van der Waals surface area contributed by atoms with Crippen molar-refractivity contribution in [1.29, 1.82) is 0 Å². The van der Waals surface area contributed by atoms with Crippen molar-refractivity contribution in [2.24, 2.45) is 0 Å². The molecule has 5 rings (SSSR count). The SMILES string of the molecule is Cc1cc(C(=O)CSc2nc3ccccc3c(=O)n2-c2ccccc2C(F)(F)F)c(C)n1-c1ccccc1. The molecule has 0 fully saturated rings. The summed E-state index contributed by atoms with van der Waals surface area (Å²) >= 11 is 0.938. The zero-order valence-electron chi connectivity index (χ0n) is 20.5. The van der Waals surface area contributed by atoms with Crippen LogP contribution in [0, 0.1) is 13.8 Å². The number of ketones is 1. The summed E-state index contributed by atoms with van der Waals surface area (Å²) in [5.41, 5.74) is 1.47. The highest BCUT2D eigenvalue weighted by Gasteiger charge is 2.34. The van der Waals surface area contributed by atoms with Crippen LogP contribution in [0.3, 0.4) is 0 Å². The van der Waals surface area contributed by atoms with Gasteiger partial charge >= 0.3 is 6.18 Å². The van der Waals surface area contributed by atoms with Crippen LogP contribution < -0.4 is 5.56 Å². The monoisotopic (exact) mass is 533 g/mol. The lowest BCUT2D eigenvalue weighted by Crippen LogP contribution is -2.25. The molecule has 0 aliphatic heterocycles. The summed E-state index contributed by atoms with van der Waals surface area (Å²) in [6, 6.07) is 22.8. The number of hydrogen-bond acceptors (Lipinski definition) is 4. The highest BCUT2D eigenvalue weighted by Crippen LogP contribution is 2.35. The second-order valence-corrected chi connectivity index (χ2v) is 9.68. The van der Waals surface area contributed by atoms with Crippen LogP contribution in [-0.4, -0.2) is 25.7 Å². The fraction of sp³-hybridized carbons (Fsp3) is 0.138. The minimum absolute atomic E-state index is 0.00983. The van der Waals surface area contributed by atoms with Gasteiger partial charge < -0.3 is 4.57 Å². The first-order valence-corrected chi connectivity index (χ1v) is 12.7. The molecule has 3 aromatic carbocycles. The molecule has 0 aliphatic carbocycles. The van der Waals surface area contributed by atoms with Gasteiger partial charge in [0.1, 0.15) is 0 Å². The molecule has 0 bridgehead atoms. The number of fused-ring (bicyclic) bond motifs is 1. The molecule has 5 nitrogen and oxygen atoms in total. The van der Waals surface area contributed by atoms with Gasteiger partial charge in [0.05, 0.1) is 27.9 Å². The summed E-state index contributed by atoms with van der Waals surface area (Å²) in [5.74, 6) is -0.332. The Morgan fingerprint density at radius 3 is 2.29 bits per heavy atom. The van der Waals surface area contributed by atoms with E-state index in [-0.39, 0.29) is 27.8 Å². The molecule has 38 heavy (non-hydrogen) atoms. The van der Waals surface area contributed by atoms with Gasteiger partial charge in [0.25, 0.3) is 5.56 Å². The number of hydrogen-bond donors (Lipinski definition) is 0. The van der Waals surface area contributed by atoms with E-state index in [0.29, 0.717) is 11.1 Å². The number of aromatic nitrogens is 3. The van der Waals surface area contributed by atoms with Crippen LogP contribution in [0.15, 0.2) is 94.9 Å². The largest absolute Gasteiger partial charge is 0.418 e. The molecule has 0 spiro atoms. The third kappa shape index (κ3) is 4.65. The predicted octanol–water partition coefficient (Wildman–Crippen LogP) is 6.79. The number of carbonyl (C=O) groups is 1. The summed E-state index contributed by atoms with van der Waals surface area (Å²) in [6.45, 7) is 3.75. The Labute approximate surface area is 220 Å². The highest BCUT2D eigenvalue weighted by atomic mass is 32.2. The van der Waals surface area contributed by atoms with Gasteiger partial charge in [-0.15, -0.1) is 0 Å². The Balaban J connectivity index is 1.57. The number of halogens is 3. The molecule has 0 radical (unpaired) electrons. The number of nitrogens with zero attached hydrogens (tertiary/aromatic N) is 3. The zero-order valence-corrected chi connectivity index (χ0v) is 21.3. The van der Waals surface area contributed by atoms with Gasteiger partial charge in [-0.05, 0) is 56.3 Å². The summed E-state index contributed by atoms with van der Waals surface area (Å²) in [6.07, 6.45) is -4.69. The van der Waals surface area contributed by atoms with Crippen LogP contribution in [0.5, 0.6) is 0 Å². The average Bonchev–Trinajstić information content (AvgIpc) is 3.21.